The molecule has 0 amide bonds. The topological polar surface area (TPSA) is 40.5 Å². The Morgan fingerprint density at radius 1 is 1.24 bits per heavy atom. The van der Waals surface area contributed by atoms with Crippen molar-refractivity contribution in [3.63, 3.8) is 0 Å². The fraction of sp³-hybridized carbons (Fsp3) is 0.500. The Morgan fingerprint density at radius 3 is 2.41 bits per heavy atom. The van der Waals surface area contributed by atoms with Crippen molar-refractivity contribution in [2.75, 3.05) is 13.1 Å². The molecule has 0 radical (unpaired) electrons. The second kappa shape index (κ2) is 4.15. The van der Waals surface area contributed by atoms with Gasteiger partial charge in [0.15, 0.2) is 0 Å². The molecule has 1 aromatic carbocycles. The molecule has 1 saturated heterocycles. The third-order valence-corrected chi connectivity index (χ3v) is 4.11. The lowest BCUT2D eigenvalue weighted by atomic mass is 10.1. The van der Waals surface area contributed by atoms with Gasteiger partial charge < -0.3 is 5.11 Å². The number of carboxylic acid groups (broad SMARTS) is 1. The lowest BCUT2D eigenvalue weighted by Gasteiger charge is -2.23. The van der Waals surface area contributed by atoms with E-state index in [9.17, 15) is 4.79 Å². The van der Waals surface area contributed by atoms with E-state index in [1.54, 1.807) is 0 Å². The number of benzene rings is 1. The summed E-state index contributed by atoms with van der Waals surface area (Å²) in [6.07, 6.45) is 2.98. The number of hydrogen-bond donors (Lipinski definition) is 1. The molecule has 1 aliphatic carbocycles. The Labute approximate surface area is 101 Å². The van der Waals surface area contributed by atoms with Crippen LogP contribution in [-0.2, 0) is 17.6 Å². The fourth-order valence-corrected chi connectivity index (χ4v) is 3.11. The van der Waals surface area contributed by atoms with Gasteiger partial charge in [0, 0.05) is 12.6 Å². The van der Waals surface area contributed by atoms with Crippen molar-refractivity contribution in [3.05, 3.63) is 35.4 Å². The van der Waals surface area contributed by atoms with E-state index in [1.165, 1.54) is 11.1 Å². The Morgan fingerprint density at radius 2 is 1.88 bits per heavy atom. The highest BCUT2D eigenvalue weighted by molar-refractivity contribution is 5.70. The molecule has 1 aromatic rings. The molecule has 17 heavy (non-hydrogen) atoms. The number of carboxylic acids is 1. The molecule has 0 spiro atoms. The maximum atomic E-state index is 11.0. The summed E-state index contributed by atoms with van der Waals surface area (Å²) in [5.74, 6) is -0.790. The van der Waals surface area contributed by atoms with Crippen molar-refractivity contribution in [3.8, 4) is 0 Å². The first-order valence-corrected chi connectivity index (χ1v) is 6.27. The van der Waals surface area contributed by atoms with Gasteiger partial charge >= 0.3 is 5.97 Å². The van der Waals surface area contributed by atoms with E-state index in [1.807, 2.05) is 0 Å². The average molecular weight is 231 g/mol. The standard InChI is InChI=1S/C14H17NO2/c16-14(17)12-5-6-15(9-12)13-7-10-3-1-2-4-11(10)8-13/h1-4,12-13H,5-9H2,(H,16,17)/t12-/m0/s1. The first-order chi connectivity index (χ1) is 8.24. The summed E-state index contributed by atoms with van der Waals surface area (Å²) in [4.78, 5) is 13.3. The number of aliphatic carboxylic acids is 1. The molecule has 1 aliphatic heterocycles. The van der Waals surface area contributed by atoms with Gasteiger partial charge in [0.2, 0.25) is 0 Å². The van der Waals surface area contributed by atoms with E-state index in [0.717, 1.165) is 32.4 Å². The van der Waals surface area contributed by atoms with Gasteiger partial charge in [0.25, 0.3) is 0 Å². The Bertz CT molecular complexity index is 419. The highest BCUT2D eigenvalue weighted by Gasteiger charge is 2.34. The summed E-state index contributed by atoms with van der Waals surface area (Å²) in [7, 11) is 0. The SMILES string of the molecule is O=C(O)[C@H]1CCN(C2Cc3ccccc3C2)C1. The number of carbonyl (C=O) groups is 1. The molecule has 2 aliphatic rings. The van der Waals surface area contributed by atoms with E-state index in [-0.39, 0.29) is 5.92 Å². The third-order valence-electron chi connectivity index (χ3n) is 4.11. The molecule has 0 aromatic heterocycles. The van der Waals surface area contributed by atoms with Gasteiger partial charge in [-0.25, -0.2) is 0 Å². The lowest BCUT2D eigenvalue weighted by molar-refractivity contribution is -0.141. The predicted octanol–water partition coefficient (Wildman–Crippen LogP) is 1.56. The van der Waals surface area contributed by atoms with Crippen LogP contribution in [0.15, 0.2) is 24.3 Å². The molecule has 3 rings (SSSR count). The van der Waals surface area contributed by atoms with Crippen molar-refractivity contribution >= 4 is 5.97 Å². The van der Waals surface area contributed by atoms with Crippen molar-refractivity contribution in [2.24, 2.45) is 5.92 Å². The summed E-state index contributed by atoms with van der Waals surface area (Å²) in [5, 5.41) is 9.02. The van der Waals surface area contributed by atoms with Gasteiger partial charge in [-0.3, -0.25) is 9.69 Å². The number of fused-ring (bicyclic) bond motifs is 1. The van der Waals surface area contributed by atoms with Gasteiger partial charge in [0.1, 0.15) is 0 Å². The number of likely N-dealkylation sites (tertiary alicyclic amines) is 1. The van der Waals surface area contributed by atoms with E-state index < -0.39 is 5.97 Å². The van der Waals surface area contributed by atoms with Crippen LogP contribution < -0.4 is 0 Å². The van der Waals surface area contributed by atoms with Crippen LogP contribution in [0.1, 0.15) is 17.5 Å². The molecule has 1 heterocycles. The summed E-state index contributed by atoms with van der Waals surface area (Å²) >= 11 is 0. The van der Waals surface area contributed by atoms with Crippen LogP contribution in [0.2, 0.25) is 0 Å². The van der Waals surface area contributed by atoms with Crippen molar-refractivity contribution in [2.45, 2.75) is 25.3 Å². The minimum Gasteiger partial charge on any atom is -0.481 e. The zero-order valence-corrected chi connectivity index (χ0v) is 9.80. The normalized spacial score (nSPS) is 25.1. The molecule has 0 unspecified atom stereocenters. The Kier molecular flexibility index (Phi) is 2.63. The van der Waals surface area contributed by atoms with E-state index in [4.69, 9.17) is 5.11 Å². The summed E-state index contributed by atoms with van der Waals surface area (Å²) in [6.45, 7) is 1.67. The van der Waals surface area contributed by atoms with E-state index in [0.29, 0.717) is 6.04 Å². The van der Waals surface area contributed by atoms with Crippen LogP contribution in [0.3, 0.4) is 0 Å². The zero-order valence-electron chi connectivity index (χ0n) is 9.80. The Hall–Kier alpha value is -1.35. The highest BCUT2D eigenvalue weighted by Crippen LogP contribution is 2.29. The van der Waals surface area contributed by atoms with Gasteiger partial charge in [-0.15, -0.1) is 0 Å². The largest absolute Gasteiger partial charge is 0.481 e. The highest BCUT2D eigenvalue weighted by atomic mass is 16.4. The summed E-state index contributed by atoms with van der Waals surface area (Å²) in [6, 6.07) is 9.09. The van der Waals surface area contributed by atoms with Crippen LogP contribution in [0.5, 0.6) is 0 Å². The first kappa shape index (κ1) is 10.8. The molecule has 1 fully saturated rings. The monoisotopic (exact) mass is 231 g/mol. The third kappa shape index (κ3) is 1.95. The molecule has 90 valence electrons. The predicted molar refractivity (Wildman–Crippen MR) is 65.0 cm³/mol. The van der Waals surface area contributed by atoms with Crippen LogP contribution >= 0.6 is 0 Å². The minimum atomic E-state index is -0.636. The van der Waals surface area contributed by atoms with Gasteiger partial charge in [-0.2, -0.15) is 0 Å². The molecule has 0 bridgehead atoms. The van der Waals surface area contributed by atoms with E-state index in [2.05, 4.69) is 29.2 Å². The molecule has 1 atom stereocenters. The second-order valence-corrected chi connectivity index (χ2v) is 5.15. The van der Waals surface area contributed by atoms with Gasteiger partial charge in [0.05, 0.1) is 5.92 Å². The Balaban J connectivity index is 1.68. The fourth-order valence-electron chi connectivity index (χ4n) is 3.11. The molecule has 3 nitrogen and oxygen atoms in total. The summed E-state index contributed by atoms with van der Waals surface area (Å²) in [5.41, 5.74) is 2.88. The molecular weight excluding hydrogens is 214 g/mol. The maximum Gasteiger partial charge on any atom is 0.307 e. The molecule has 0 saturated carbocycles. The van der Waals surface area contributed by atoms with Crippen LogP contribution in [0.25, 0.3) is 0 Å². The van der Waals surface area contributed by atoms with Crippen LogP contribution in [-0.4, -0.2) is 35.1 Å². The molecular formula is C14H17NO2. The zero-order chi connectivity index (χ0) is 11.8. The van der Waals surface area contributed by atoms with Gasteiger partial charge in [-0.1, -0.05) is 24.3 Å². The number of nitrogens with zero attached hydrogens (tertiary/aromatic N) is 1. The number of rotatable bonds is 2. The average Bonchev–Trinajstić information content (AvgIpc) is 2.95. The van der Waals surface area contributed by atoms with Crippen molar-refractivity contribution < 1.29 is 9.90 Å². The summed E-state index contributed by atoms with van der Waals surface area (Å²) < 4.78 is 0. The minimum absolute atomic E-state index is 0.154. The molecule has 3 heteroatoms. The van der Waals surface area contributed by atoms with Crippen LogP contribution in [0.4, 0.5) is 0 Å². The lowest BCUT2D eigenvalue weighted by Crippen LogP contribution is -2.34. The van der Waals surface area contributed by atoms with Gasteiger partial charge in [-0.05, 0) is 36.9 Å². The maximum absolute atomic E-state index is 11.0. The smallest absolute Gasteiger partial charge is 0.307 e. The number of hydrogen-bond acceptors (Lipinski definition) is 2. The van der Waals surface area contributed by atoms with Crippen molar-refractivity contribution in [1.29, 1.82) is 0 Å². The van der Waals surface area contributed by atoms with E-state index >= 15 is 0 Å². The van der Waals surface area contributed by atoms with Crippen LogP contribution in [0, 0.1) is 5.92 Å². The quantitative estimate of drug-likeness (QED) is 0.839. The first-order valence-electron chi connectivity index (χ1n) is 6.27. The van der Waals surface area contributed by atoms with Crippen molar-refractivity contribution in [1.82, 2.24) is 4.90 Å². The second-order valence-electron chi connectivity index (χ2n) is 5.15. The molecule has 1 N–H and O–H groups in total.